The summed E-state index contributed by atoms with van der Waals surface area (Å²) in [5.74, 6) is 1.20. The quantitative estimate of drug-likeness (QED) is 0.572. The highest BCUT2D eigenvalue weighted by Gasteiger charge is 2.28. The summed E-state index contributed by atoms with van der Waals surface area (Å²) in [7, 11) is 0. The molecule has 2 heterocycles. The number of carbonyl (C=O) groups excluding carboxylic acids is 1. The minimum Gasteiger partial charge on any atom is -0.339 e. The van der Waals surface area contributed by atoms with E-state index in [1.807, 2.05) is 37.3 Å². The third-order valence-electron chi connectivity index (χ3n) is 5.11. The lowest BCUT2D eigenvalue weighted by Gasteiger charge is -2.30. The maximum atomic E-state index is 12.5. The zero-order valence-corrected chi connectivity index (χ0v) is 17.4. The Bertz CT molecular complexity index is 1030. The van der Waals surface area contributed by atoms with Gasteiger partial charge in [-0.2, -0.15) is 4.98 Å². The Hall–Kier alpha value is -2.57. The first-order valence-corrected chi connectivity index (χ1v) is 10.2. The fourth-order valence-corrected chi connectivity index (χ4v) is 3.76. The Morgan fingerprint density at radius 1 is 1.14 bits per heavy atom. The van der Waals surface area contributed by atoms with E-state index in [1.54, 1.807) is 17.0 Å². The van der Waals surface area contributed by atoms with Crippen LogP contribution in [0.1, 0.15) is 30.2 Å². The van der Waals surface area contributed by atoms with Crippen LogP contribution in [0.3, 0.4) is 0 Å². The maximum Gasteiger partial charge on any atom is 0.321 e. The van der Waals surface area contributed by atoms with E-state index in [2.05, 4.69) is 15.5 Å². The molecule has 1 N–H and O–H groups in total. The molecule has 1 fully saturated rings. The SMILES string of the molecule is Cc1ccc(NC(=O)N2CCC(c3nc(-c4ccccc4Cl)no3)CC2)cc1Cl. The number of nitrogens with zero attached hydrogens (tertiary/aromatic N) is 3. The van der Waals surface area contributed by atoms with Crippen molar-refractivity contribution in [3.8, 4) is 11.4 Å². The number of amides is 2. The molecule has 1 aromatic heterocycles. The van der Waals surface area contributed by atoms with E-state index >= 15 is 0 Å². The summed E-state index contributed by atoms with van der Waals surface area (Å²) in [6.07, 6.45) is 1.51. The van der Waals surface area contributed by atoms with Crippen molar-refractivity contribution in [1.29, 1.82) is 0 Å². The van der Waals surface area contributed by atoms with Gasteiger partial charge < -0.3 is 14.7 Å². The molecule has 0 aliphatic carbocycles. The molecule has 150 valence electrons. The van der Waals surface area contributed by atoms with Crippen molar-refractivity contribution in [3.63, 3.8) is 0 Å². The van der Waals surface area contributed by atoms with Gasteiger partial charge in [0.25, 0.3) is 0 Å². The van der Waals surface area contributed by atoms with Gasteiger partial charge in [-0.05, 0) is 49.6 Å². The molecule has 4 rings (SSSR count). The molecule has 0 atom stereocenters. The number of urea groups is 1. The first-order valence-electron chi connectivity index (χ1n) is 9.42. The van der Waals surface area contributed by atoms with Crippen molar-refractivity contribution < 1.29 is 9.32 Å². The number of aromatic nitrogens is 2. The molecule has 3 aromatic rings. The molecule has 2 amide bonds. The molecule has 1 aliphatic heterocycles. The number of anilines is 1. The minimum atomic E-state index is -0.134. The first kappa shape index (κ1) is 19.7. The highest BCUT2D eigenvalue weighted by molar-refractivity contribution is 6.33. The van der Waals surface area contributed by atoms with Crippen molar-refractivity contribution in [3.05, 3.63) is 64.0 Å². The topological polar surface area (TPSA) is 71.3 Å². The molecule has 0 unspecified atom stereocenters. The van der Waals surface area contributed by atoms with Crippen molar-refractivity contribution >= 4 is 34.9 Å². The van der Waals surface area contributed by atoms with Gasteiger partial charge in [0.05, 0.1) is 5.02 Å². The Labute approximate surface area is 178 Å². The van der Waals surface area contributed by atoms with E-state index in [0.717, 1.165) is 24.0 Å². The second-order valence-electron chi connectivity index (χ2n) is 7.09. The molecule has 0 saturated carbocycles. The van der Waals surface area contributed by atoms with Gasteiger partial charge in [-0.1, -0.05) is 46.6 Å². The molecule has 1 saturated heterocycles. The predicted molar refractivity (Wildman–Crippen MR) is 113 cm³/mol. The lowest BCUT2D eigenvalue weighted by Crippen LogP contribution is -2.40. The van der Waals surface area contributed by atoms with E-state index in [1.165, 1.54) is 0 Å². The number of hydrogen-bond acceptors (Lipinski definition) is 4. The third-order valence-corrected chi connectivity index (χ3v) is 5.85. The van der Waals surface area contributed by atoms with Crippen LogP contribution in [0, 0.1) is 6.92 Å². The van der Waals surface area contributed by atoms with Gasteiger partial charge in [-0.3, -0.25) is 0 Å². The van der Waals surface area contributed by atoms with Gasteiger partial charge in [0.2, 0.25) is 11.7 Å². The van der Waals surface area contributed by atoms with Crippen LogP contribution in [0.4, 0.5) is 10.5 Å². The average Bonchev–Trinajstić information content (AvgIpc) is 3.21. The molecular formula is C21H20Cl2N4O2. The highest BCUT2D eigenvalue weighted by Crippen LogP contribution is 2.31. The largest absolute Gasteiger partial charge is 0.339 e. The van der Waals surface area contributed by atoms with Gasteiger partial charge in [0, 0.05) is 35.3 Å². The lowest BCUT2D eigenvalue weighted by molar-refractivity contribution is 0.187. The van der Waals surface area contributed by atoms with Crippen LogP contribution in [0.15, 0.2) is 47.0 Å². The number of benzene rings is 2. The Morgan fingerprint density at radius 2 is 1.90 bits per heavy atom. The van der Waals surface area contributed by atoms with Gasteiger partial charge in [0.15, 0.2) is 0 Å². The van der Waals surface area contributed by atoms with Crippen LogP contribution in [0.25, 0.3) is 11.4 Å². The number of rotatable bonds is 3. The molecule has 1 aliphatic rings. The number of likely N-dealkylation sites (tertiary alicyclic amines) is 1. The van der Waals surface area contributed by atoms with Gasteiger partial charge in [-0.25, -0.2) is 4.79 Å². The van der Waals surface area contributed by atoms with E-state index in [9.17, 15) is 4.79 Å². The van der Waals surface area contributed by atoms with E-state index in [-0.39, 0.29) is 11.9 Å². The zero-order valence-electron chi connectivity index (χ0n) is 15.9. The summed E-state index contributed by atoms with van der Waals surface area (Å²) in [6.45, 7) is 3.15. The molecule has 0 radical (unpaired) electrons. The normalized spacial score (nSPS) is 14.8. The van der Waals surface area contributed by atoms with E-state index in [0.29, 0.717) is 40.5 Å². The Balaban J connectivity index is 1.36. The van der Waals surface area contributed by atoms with Gasteiger partial charge in [0.1, 0.15) is 0 Å². The lowest BCUT2D eigenvalue weighted by atomic mass is 9.97. The minimum absolute atomic E-state index is 0.122. The second-order valence-corrected chi connectivity index (χ2v) is 7.91. The number of hydrogen-bond donors (Lipinski definition) is 1. The maximum absolute atomic E-state index is 12.5. The number of piperidine rings is 1. The summed E-state index contributed by atoms with van der Waals surface area (Å²) in [4.78, 5) is 18.9. The van der Waals surface area contributed by atoms with Crippen LogP contribution in [0.5, 0.6) is 0 Å². The second kappa shape index (κ2) is 8.43. The van der Waals surface area contributed by atoms with Crippen molar-refractivity contribution in [1.82, 2.24) is 15.0 Å². The van der Waals surface area contributed by atoms with Crippen molar-refractivity contribution in [2.24, 2.45) is 0 Å². The molecular weight excluding hydrogens is 411 g/mol. The van der Waals surface area contributed by atoms with Crippen LogP contribution >= 0.6 is 23.2 Å². The van der Waals surface area contributed by atoms with E-state index in [4.69, 9.17) is 27.7 Å². The summed E-state index contributed by atoms with van der Waals surface area (Å²) >= 11 is 12.3. The molecule has 8 heteroatoms. The van der Waals surface area contributed by atoms with Crippen molar-refractivity contribution in [2.45, 2.75) is 25.7 Å². The number of nitrogens with one attached hydrogen (secondary N) is 1. The van der Waals surface area contributed by atoms with Crippen LogP contribution < -0.4 is 5.32 Å². The summed E-state index contributed by atoms with van der Waals surface area (Å²) in [6, 6.07) is 12.8. The molecule has 0 bridgehead atoms. The average molecular weight is 431 g/mol. The molecule has 29 heavy (non-hydrogen) atoms. The van der Waals surface area contributed by atoms with Crippen LogP contribution in [0.2, 0.25) is 10.0 Å². The third kappa shape index (κ3) is 4.38. The molecule has 6 nitrogen and oxygen atoms in total. The standard InChI is InChI=1S/C21H20Cl2N4O2/c1-13-6-7-15(12-18(13)23)24-21(28)27-10-8-14(9-11-27)20-25-19(26-29-20)16-4-2-3-5-17(16)22/h2-7,12,14H,8-11H2,1H3,(H,24,28). The first-order chi connectivity index (χ1) is 14.0. The Kier molecular flexibility index (Phi) is 5.74. The fraction of sp³-hybridized carbons (Fsp3) is 0.286. The number of carbonyl (C=O) groups is 1. The van der Waals surface area contributed by atoms with Gasteiger partial charge in [-0.15, -0.1) is 0 Å². The van der Waals surface area contributed by atoms with Crippen LogP contribution in [-0.2, 0) is 0 Å². The van der Waals surface area contributed by atoms with E-state index < -0.39 is 0 Å². The summed E-state index contributed by atoms with van der Waals surface area (Å²) < 4.78 is 5.48. The van der Waals surface area contributed by atoms with Crippen LogP contribution in [-0.4, -0.2) is 34.2 Å². The van der Waals surface area contributed by atoms with Crippen molar-refractivity contribution in [2.75, 3.05) is 18.4 Å². The monoisotopic (exact) mass is 430 g/mol. The number of halogens is 2. The predicted octanol–water partition coefficient (Wildman–Crippen LogP) is 5.76. The van der Waals surface area contributed by atoms with Gasteiger partial charge >= 0.3 is 6.03 Å². The summed E-state index contributed by atoms with van der Waals surface area (Å²) in [5.41, 5.74) is 2.41. The Morgan fingerprint density at radius 3 is 2.62 bits per heavy atom. The molecule has 2 aromatic carbocycles. The smallest absolute Gasteiger partial charge is 0.321 e. The fourth-order valence-electron chi connectivity index (χ4n) is 3.36. The molecule has 0 spiro atoms. The zero-order chi connectivity index (χ0) is 20.4. The summed E-state index contributed by atoms with van der Waals surface area (Å²) in [5, 5.41) is 8.19. The number of aryl methyl sites for hydroxylation is 1. The highest BCUT2D eigenvalue weighted by atomic mass is 35.5.